The van der Waals surface area contributed by atoms with Gasteiger partial charge in [-0.1, -0.05) is 13.8 Å². The standard InChI is InChI=1S/C16H23N5OS/c1-10-13(23-14(19-10)11-7-18-20(4)8-11)15(22)21-6-5-12(17)16(2,3)9-21/h7-8,12H,5-6,9,17H2,1-4H3. The number of hydrogen-bond acceptors (Lipinski definition) is 5. The number of amides is 1. The molecular weight excluding hydrogens is 310 g/mol. The lowest BCUT2D eigenvalue weighted by Gasteiger charge is -2.42. The van der Waals surface area contributed by atoms with Gasteiger partial charge in [-0.05, 0) is 18.8 Å². The van der Waals surface area contributed by atoms with E-state index in [1.807, 2.05) is 25.1 Å². The average molecular weight is 333 g/mol. The normalized spacial score (nSPS) is 20.7. The molecule has 1 saturated heterocycles. The lowest BCUT2D eigenvalue weighted by atomic mass is 9.79. The number of carbonyl (C=O) groups excluding carboxylic acids is 1. The van der Waals surface area contributed by atoms with Crippen molar-refractivity contribution in [2.75, 3.05) is 13.1 Å². The zero-order chi connectivity index (χ0) is 16.8. The lowest BCUT2D eigenvalue weighted by molar-refractivity contribution is 0.0536. The van der Waals surface area contributed by atoms with Crippen LogP contribution < -0.4 is 5.73 Å². The largest absolute Gasteiger partial charge is 0.337 e. The van der Waals surface area contributed by atoms with Gasteiger partial charge < -0.3 is 10.6 Å². The van der Waals surface area contributed by atoms with Gasteiger partial charge in [0.1, 0.15) is 9.88 Å². The van der Waals surface area contributed by atoms with Gasteiger partial charge in [0.25, 0.3) is 5.91 Å². The fourth-order valence-electron chi connectivity index (χ4n) is 2.94. The van der Waals surface area contributed by atoms with Gasteiger partial charge in [0.05, 0.1) is 11.9 Å². The molecule has 1 unspecified atom stereocenters. The van der Waals surface area contributed by atoms with Crippen LogP contribution in [0.25, 0.3) is 10.6 Å². The molecule has 1 fully saturated rings. The predicted molar refractivity (Wildman–Crippen MR) is 91.3 cm³/mol. The maximum atomic E-state index is 12.9. The molecule has 3 rings (SSSR count). The Morgan fingerprint density at radius 1 is 1.48 bits per heavy atom. The first-order valence-electron chi connectivity index (χ1n) is 7.79. The van der Waals surface area contributed by atoms with Crippen molar-refractivity contribution in [3.05, 3.63) is 23.0 Å². The second-order valence-corrected chi connectivity index (χ2v) is 7.95. The zero-order valence-corrected chi connectivity index (χ0v) is 14.9. The van der Waals surface area contributed by atoms with E-state index >= 15 is 0 Å². The first-order valence-corrected chi connectivity index (χ1v) is 8.61. The minimum absolute atomic E-state index is 0.0569. The number of likely N-dealkylation sites (tertiary alicyclic amines) is 1. The Kier molecular flexibility index (Phi) is 4.01. The summed E-state index contributed by atoms with van der Waals surface area (Å²) in [6.07, 6.45) is 4.52. The van der Waals surface area contributed by atoms with E-state index < -0.39 is 0 Å². The van der Waals surface area contributed by atoms with Crippen LogP contribution in [0.3, 0.4) is 0 Å². The van der Waals surface area contributed by atoms with E-state index in [9.17, 15) is 4.79 Å². The molecule has 2 N–H and O–H groups in total. The van der Waals surface area contributed by atoms with Gasteiger partial charge >= 0.3 is 0 Å². The highest BCUT2D eigenvalue weighted by Crippen LogP contribution is 2.32. The summed E-state index contributed by atoms with van der Waals surface area (Å²) in [4.78, 5) is 20.1. The van der Waals surface area contributed by atoms with Gasteiger partial charge in [0, 0.05) is 37.9 Å². The molecule has 6 nitrogen and oxygen atoms in total. The molecule has 0 aliphatic carbocycles. The monoisotopic (exact) mass is 333 g/mol. The van der Waals surface area contributed by atoms with Crippen molar-refractivity contribution in [1.29, 1.82) is 0 Å². The highest BCUT2D eigenvalue weighted by Gasteiger charge is 2.36. The van der Waals surface area contributed by atoms with E-state index in [0.717, 1.165) is 27.6 Å². The third-order valence-corrected chi connectivity index (χ3v) is 5.74. The molecule has 1 aliphatic rings. The molecule has 23 heavy (non-hydrogen) atoms. The number of aryl methyl sites for hydroxylation is 2. The van der Waals surface area contributed by atoms with Crippen molar-refractivity contribution in [2.24, 2.45) is 18.2 Å². The number of thiazole rings is 1. The van der Waals surface area contributed by atoms with E-state index in [-0.39, 0.29) is 17.4 Å². The van der Waals surface area contributed by atoms with Crippen LogP contribution in [0.1, 0.15) is 35.6 Å². The predicted octanol–water partition coefficient (Wildman–Crippen LogP) is 2.05. The first-order chi connectivity index (χ1) is 10.8. The summed E-state index contributed by atoms with van der Waals surface area (Å²) in [5.41, 5.74) is 7.84. The van der Waals surface area contributed by atoms with E-state index in [4.69, 9.17) is 5.73 Å². The van der Waals surface area contributed by atoms with Crippen LogP contribution in [0.2, 0.25) is 0 Å². The van der Waals surface area contributed by atoms with Crippen molar-refractivity contribution < 1.29 is 4.79 Å². The molecule has 7 heteroatoms. The van der Waals surface area contributed by atoms with Gasteiger partial charge in [-0.3, -0.25) is 9.48 Å². The Hall–Kier alpha value is -1.73. The molecule has 0 aromatic carbocycles. The molecule has 1 atom stereocenters. The Labute approximate surface area is 140 Å². The molecule has 1 amide bonds. The molecule has 0 radical (unpaired) electrons. The Bertz CT molecular complexity index is 733. The smallest absolute Gasteiger partial charge is 0.265 e. The number of hydrogen-bond donors (Lipinski definition) is 1. The quantitative estimate of drug-likeness (QED) is 0.912. The molecule has 3 heterocycles. The molecule has 1 aliphatic heterocycles. The Morgan fingerprint density at radius 3 is 2.83 bits per heavy atom. The van der Waals surface area contributed by atoms with Crippen LogP contribution in [0.15, 0.2) is 12.4 Å². The zero-order valence-electron chi connectivity index (χ0n) is 14.0. The number of aromatic nitrogens is 3. The van der Waals surface area contributed by atoms with Crippen LogP contribution in [-0.4, -0.2) is 44.7 Å². The highest BCUT2D eigenvalue weighted by atomic mass is 32.1. The summed E-state index contributed by atoms with van der Waals surface area (Å²) in [7, 11) is 1.87. The van der Waals surface area contributed by atoms with Gasteiger partial charge in [0.2, 0.25) is 0 Å². The van der Waals surface area contributed by atoms with Crippen LogP contribution in [-0.2, 0) is 7.05 Å². The molecule has 124 valence electrons. The van der Waals surface area contributed by atoms with Gasteiger partial charge in [-0.2, -0.15) is 5.10 Å². The number of nitrogens with two attached hydrogens (primary N) is 1. The molecule has 0 saturated carbocycles. The molecule has 2 aromatic rings. The molecule has 0 bridgehead atoms. The highest BCUT2D eigenvalue weighted by molar-refractivity contribution is 7.17. The Morgan fingerprint density at radius 2 is 2.22 bits per heavy atom. The fraction of sp³-hybridized carbons (Fsp3) is 0.562. The second kappa shape index (κ2) is 5.72. The van der Waals surface area contributed by atoms with Crippen LogP contribution in [0.5, 0.6) is 0 Å². The first kappa shape index (κ1) is 16.1. The minimum Gasteiger partial charge on any atom is -0.337 e. The van der Waals surface area contributed by atoms with Crippen molar-refractivity contribution in [3.63, 3.8) is 0 Å². The summed E-state index contributed by atoms with van der Waals surface area (Å²) >= 11 is 1.44. The summed E-state index contributed by atoms with van der Waals surface area (Å²) in [6.45, 7) is 7.54. The summed E-state index contributed by atoms with van der Waals surface area (Å²) in [6, 6.07) is 0.139. The van der Waals surface area contributed by atoms with Gasteiger partial charge in [-0.15, -0.1) is 11.3 Å². The fourth-order valence-corrected chi connectivity index (χ4v) is 3.95. The number of rotatable bonds is 2. The van der Waals surface area contributed by atoms with Crippen molar-refractivity contribution >= 4 is 17.2 Å². The Balaban J connectivity index is 1.84. The molecular formula is C16H23N5OS. The maximum absolute atomic E-state index is 12.9. The molecule has 2 aromatic heterocycles. The third-order valence-electron chi connectivity index (χ3n) is 4.54. The van der Waals surface area contributed by atoms with E-state index in [1.54, 1.807) is 10.9 Å². The van der Waals surface area contributed by atoms with Gasteiger partial charge in [0.15, 0.2) is 0 Å². The summed E-state index contributed by atoms with van der Waals surface area (Å²) < 4.78 is 1.74. The maximum Gasteiger partial charge on any atom is 0.265 e. The van der Waals surface area contributed by atoms with E-state index in [0.29, 0.717) is 13.1 Å². The van der Waals surface area contributed by atoms with E-state index in [1.165, 1.54) is 11.3 Å². The third kappa shape index (κ3) is 3.03. The van der Waals surface area contributed by atoms with Crippen molar-refractivity contribution in [2.45, 2.75) is 33.2 Å². The van der Waals surface area contributed by atoms with E-state index in [2.05, 4.69) is 23.9 Å². The summed E-state index contributed by atoms with van der Waals surface area (Å²) in [5, 5.41) is 5.01. The van der Waals surface area contributed by atoms with Crippen LogP contribution >= 0.6 is 11.3 Å². The van der Waals surface area contributed by atoms with Crippen molar-refractivity contribution in [1.82, 2.24) is 19.7 Å². The van der Waals surface area contributed by atoms with Crippen LogP contribution in [0.4, 0.5) is 0 Å². The number of carbonyl (C=O) groups is 1. The van der Waals surface area contributed by atoms with Gasteiger partial charge in [-0.25, -0.2) is 4.98 Å². The SMILES string of the molecule is Cc1nc(-c2cnn(C)c2)sc1C(=O)N1CCC(N)C(C)(C)C1. The molecule has 0 spiro atoms. The lowest BCUT2D eigenvalue weighted by Crippen LogP contribution is -2.53. The van der Waals surface area contributed by atoms with Crippen molar-refractivity contribution in [3.8, 4) is 10.6 Å². The summed E-state index contributed by atoms with van der Waals surface area (Å²) in [5.74, 6) is 0.0649. The minimum atomic E-state index is -0.0569. The number of nitrogens with zero attached hydrogens (tertiary/aromatic N) is 4. The topological polar surface area (TPSA) is 77.0 Å². The second-order valence-electron chi connectivity index (χ2n) is 6.95. The van der Waals surface area contributed by atoms with Crippen LogP contribution in [0, 0.1) is 12.3 Å². The average Bonchev–Trinajstić information content (AvgIpc) is 3.07. The number of piperidine rings is 1.